The standard InChI is InChI=1S/C24H29ClN2O.C5H9NO/c25-22-10-8-21(9-11-22)18-27-19-24(17-23(27)28)12-15-26(16-13-24)14-4-7-20-5-2-1-3-6-20;6-5(7)3-4-1-2-4/h1-3,5-6,8-11H,4,7,12-19H2;4H,1-3H2,(H2,6,7). The Morgan fingerprint density at radius 3 is 2.29 bits per heavy atom. The molecular formula is C29H38ClN3O2. The highest BCUT2D eigenvalue weighted by Gasteiger charge is 2.44. The van der Waals surface area contributed by atoms with Gasteiger partial charge in [0.2, 0.25) is 11.8 Å². The van der Waals surface area contributed by atoms with E-state index in [1.165, 1.54) is 24.8 Å². The summed E-state index contributed by atoms with van der Waals surface area (Å²) in [5.41, 5.74) is 7.67. The number of benzene rings is 2. The first-order valence-electron chi connectivity index (χ1n) is 13.0. The number of piperidine rings is 1. The number of amides is 2. The van der Waals surface area contributed by atoms with Crippen molar-refractivity contribution in [3.05, 3.63) is 70.7 Å². The third-order valence-electron chi connectivity index (χ3n) is 7.58. The van der Waals surface area contributed by atoms with Crippen molar-refractivity contribution in [1.82, 2.24) is 9.80 Å². The third-order valence-corrected chi connectivity index (χ3v) is 7.83. The first-order chi connectivity index (χ1) is 16.9. The van der Waals surface area contributed by atoms with Crippen molar-refractivity contribution >= 4 is 23.4 Å². The van der Waals surface area contributed by atoms with E-state index in [1.807, 2.05) is 29.2 Å². The molecule has 3 aliphatic rings. The molecule has 2 amide bonds. The average molecular weight is 496 g/mol. The van der Waals surface area contributed by atoms with Crippen LogP contribution in [0, 0.1) is 11.3 Å². The molecule has 0 aromatic heterocycles. The van der Waals surface area contributed by atoms with Gasteiger partial charge in [0.15, 0.2) is 0 Å². The van der Waals surface area contributed by atoms with Gasteiger partial charge in [-0.1, -0.05) is 54.1 Å². The van der Waals surface area contributed by atoms with E-state index >= 15 is 0 Å². The number of nitrogens with two attached hydrogens (primary N) is 1. The lowest BCUT2D eigenvalue weighted by Crippen LogP contribution is -2.41. The normalized spacial score (nSPS) is 19.5. The molecule has 1 aliphatic carbocycles. The van der Waals surface area contributed by atoms with E-state index in [0.717, 1.165) is 62.4 Å². The molecular weight excluding hydrogens is 458 g/mol. The molecule has 2 heterocycles. The van der Waals surface area contributed by atoms with Crippen LogP contribution in [0.1, 0.15) is 56.1 Å². The van der Waals surface area contributed by atoms with Gasteiger partial charge in [-0.2, -0.15) is 0 Å². The summed E-state index contributed by atoms with van der Waals surface area (Å²) in [6.45, 7) is 5.02. The lowest BCUT2D eigenvalue weighted by molar-refractivity contribution is -0.128. The molecule has 0 atom stereocenters. The fraction of sp³-hybridized carbons (Fsp3) is 0.517. The second kappa shape index (κ2) is 12.0. The highest BCUT2D eigenvalue weighted by atomic mass is 35.5. The smallest absolute Gasteiger partial charge is 0.223 e. The van der Waals surface area contributed by atoms with Gasteiger partial charge in [0.05, 0.1) is 0 Å². The maximum atomic E-state index is 12.6. The third kappa shape index (κ3) is 8.08. The monoisotopic (exact) mass is 495 g/mol. The van der Waals surface area contributed by atoms with E-state index in [2.05, 4.69) is 35.2 Å². The number of halogens is 1. The van der Waals surface area contributed by atoms with E-state index in [1.54, 1.807) is 0 Å². The predicted molar refractivity (Wildman–Crippen MR) is 141 cm³/mol. The van der Waals surface area contributed by atoms with Crippen LogP contribution in [0.15, 0.2) is 54.6 Å². The Bertz CT molecular complexity index is 967. The molecule has 0 unspecified atom stereocenters. The number of hydrogen-bond acceptors (Lipinski definition) is 3. The van der Waals surface area contributed by atoms with Crippen LogP contribution in [-0.4, -0.2) is 47.8 Å². The van der Waals surface area contributed by atoms with Gasteiger partial charge in [-0.05, 0) is 92.8 Å². The van der Waals surface area contributed by atoms with Crippen molar-refractivity contribution in [3.8, 4) is 0 Å². The van der Waals surface area contributed by atoms with Gasteiger partial charge in [0, 0.05) is 31.0 Å². The molecule has 2 aliphatic heterocycles. The highest BCUT2D eigenvalue weighted by molar-refractivity contribution is 6.30. The first kappa shape index (κ1) is 25.7. The highest BCUT2D eigenvalue weighted by Crippen LogP contribution is 2.41. The van der Waals surface area contributed by atoms with Crippen LogP contribution < -0.4 is 5.73 Å². The van der Waals surface area contributed by atoms with Gasteiger partial charge >= 0.3 is 0 Å². The topological polar surface area (TPSA) is 66.6 Å². The van der Waals surface area contributed by atoms with Crippen LogP contribution in [0.2, 0.25) is 5.02 Å². The second-order valence-corrected chi connectivity index (χ2v) is 11.0. The molecule has 2 N–H and O–H groups in total. The number of primary amides is 1. The number of hydrogen-bond donors (Lipinski definition) is 1. The summed E-state index contributed by atoms with van der Waals surface area (Å²) in [5, 5.41) is 0.743. The van der Waals surface area contributed by atoms with Crippen molar-refractivity contribution < 1.29 is 9.59 Å². The SMILES string of the molecule is NC(=O)CC1CC1.O=C1CC2(CCN(CCCc3ccccc3)CC2)CN1Cc1ccc(Cl)cc1. The molecule has 0 radical (unpaired) electrons. The van der Waals surface area contributed by atoms with Crippen molar-refractivity contribution in [2.75, 3.05) is 26.2 Å². The van der Waals surface area contributed by atoms with Crippen LogP contribution >= 0.6 is 11.6 Å². The van der Waals surface area contributed by atoms with E-state index < -0.39 is 0 Å². The molecule has 1 spiro atoms. The van der Waals surface area contributed by atoms with Gasteiger partial charge in [-0.25, -0.2) is 0 Å². The Kier molecular flexibility index (Phi) is 8.85. The Labute approximate surface area is 214 Å². The lowest BCUT2D eigenvalue weighted by atomic mass is 9.77. The van der Waals surface area contributed by atoms with E-state index in [9.17, 15) is 9.59 Å². The Morgan fingerprint density at radius 2 is 1.69 bits per heavy atom. The van der Waals surface area contributed by atoms with Gasteiger partial charge in [-0.15, -0.1) is 0 Å². The van der Waals surface area contributed by atoms with Crippen LogP contribution in [-0.2, 0) is 22.6 Å². The zero-order valence-corrected chi connectivity index (χ0v) is 21.4. The van der Waals surface area contributed by atoms with E-state index in [0.29, 0.717) is 24.8 Å². The summed E-state index contributed by atoms with van der Waals surface area (Å²) < 4.78 is 0. The number of carbonyl (C=O) groups is 2. The summed E-state index contributed by atoms with van der Waals surface area (Å²) in [6, 6.07) is 18.6. The van der Waals surface area contributed by atoms with E-state index in [4.69, 9.17) is 17.3 Å². The number of carbonyl (C=O) groups excluding carboxylic acids is 2. The minimum absolute atomic E-state index is 0.150. The Hall–Kier alpha value is -2.37. The molecule has 2 saturated heterocycles. The van der Waals surface area contributed by atoms with Crippen LogP contribution in [0.4, 0.5) is 0 Å². The molecule has 6 heteroatoms. The fourth-order valence-corrected chi connectivity index (χ4v) is 5.41. The summed E-state index contributed by atoms with van der Waals surface area (Å²) in [5.74, 6) is 0.812. The van der Waals surface area contributed by atoms with Crippen molar-refractivity contribution in [2.45, 2.75) is 57.9 Å². The zero-order chi connectivity index (χ0) is 24.7. The van der Waals surface area contributed by atoms with E-state index in [-0.39, 0.29) is 11.3 Å². The average Bonchev–Trinajstić information content (AvgIpc) is 3.60. The minimum atomic E-state index is -0.150. The van der Waals surface area contributed by atoms with Crippen molar-refractivity contribution in [2.24, 2.45) is 17.1 Å². The summed E-state index contributed by atoms with van der Waals surface area (Å²) >= 11 is 5.97. The van der Waals surface area contributed by atoms with Crippen LogP contribution in [0.25, 0.3) is 0 Å². The van der Waals surface area contributed by atoms with Gasteiger partial charge in [0.25, 0.3) is 0 Å². The summed E-state index contributed by atoms with van der Waals surface area (Å²) in [4.78, 5) is 27.3. The molecule has 2 aromatic carbocycles. The number of nitrogens with zero attached hydrogens (tertiary/aromatic N) is 2. The number of rotatable bonds is 8. The van der Waals surface area contributed by atoms with Gasteiger partial charge in [-0.3, -0.25) is 9.59 Å². The Morgan fingerprint density at radius 1 is 1.00 bits per heavy atom. The van der Waals surface area contributed by atoms with Gasteiger partial charge < -0.3 is 15.5 Å². The fourth-order valence-electron chi connectivity index (χ4n) is 5.28. The zero-order valence-electron chi connectivity index (χ0n) is 20.6. The van der Waals surface area contributed by atoms with Crippen molar-refractivity contribution in [1.29, 1.82) is 0 Å². The molecule has 1 saturated carbocycles. The summed E-state index contributed by atoms with van der Waals surface area (Å²) in [7, 11) is 0. The Balaban J connectivity index is 0.000000356. The predicted octanol–water partition coefficient (Wildman–Crippen LogP) is 5.06. The maximum absolute atomic E-state index is 12.6. The number of likely N-dealkylation sites (tertiary alicyclic amines) is 2. The second-order valence-electron chi connectivity index (χ2n) is 10.6. The van der Waals surface area contributed by atoms with Crippen molar-refractivity contribution in [3.63, 3.8) is 0 Å². The quantitative estimate of drug-likeness (QED) is 0.556. The molecule has 35 heavy (non-hydrogen) atoms. The molecule has 188 valence electrons. The maximum Gasteiger partial charge on any atom is 0.223 e. The number of aryl methyl sites for hydroxylation is 1. The summed E-state index contributed by atoms with van der Waals surface area (Å²) in [6.07, 6.45) is 8.39. The largest absolute Gasteiger partial charge is 0.370 e. The lowest BCUT2D eigenvalue weighted by Gasteiger charge is -2.38. The van der Waals surface area contributed by atoms with Crippen LogP contribution in [0.3, 0.4) is 0 Å². The molecule has 5 nitrogen and oxygen atoms in total. The molecule has 5 rings (SSSR count). The minimum Gasteiger partial charge on any atom is -0.370 e. The molecule has 2 aromatic rings. The first-order valence-corrected chi connectivity index (χ1v) is 13.4. The molecule has 0 bridgehead atoms. The van der Waals surface area contributed by atoms with Gasteiger partial charge in [0.1, 0.15) is 0 Å². The molecule has 3 fully saturated rings. The van der Waals surface area contributed by atoms with Crippen LogP contribution in [0.5, 0.6) is 0 Å².